The molecule has 1 unspecified atom stereocenters. The lowest BCUT2D eigenvalue weighted by atomic mass is 9.85. The summed E-state index contributed by atoms with van der Waals surface area (Å²) in [5.41, 5.74) is 2.16. The summed E-state index contributed by atoms with van der Waals surface area (Å²) in [6, 6.07) is 10.9. The van der Waals surface area contributed by atoms with Crippen molar-refractivity contribution < 1.29 is 13.2 Å². The number of fused-ring (bicyclic) bond motifs is 1. The quantitative estimate of drug-likeness (QED) is 0.749. The molecule has 4 rings (SSSR count). The highest BCUT2D eigenvalue weighted by molar-refractivity contribution is 5.62. The minimum absolute atomic E-state index is 0.251. The topological polar surface area (TPSA) is 37.8 Å². The molecule has 1 aliphatic heterocycles. The van der Waals surface area contributed by atoms with Gasteiger partial charge in [0.05, 0.1) is 5.69 Å². The Labute approximate surface area is 148 Å². The lowest BCUT2D eigenvalue weighted by molar-refractivity contribution is 0.490. The molecule has 1 N–H and O–H groups in total. The van der Waals surface area contributed by atoms with Gasteiger partial charge in [-0.3, -0.25) is 0 Å². The fraction of sp³-hybridized carbons (Fsp3) is 0.200. The van der Waals surface area contributed by atoms with Crippen molar-refractivity contribution in [2.75, 3.05) is 6.54 Å². The number of rotatable bonds is 2. The van der Waals surface area contributed by atoms with Gasteiger partial charge in [-0.15, -0.1) is 0 Å². The van der Waals surface area contributed by atoms with E-state index in [2.05, 4.69) is 15.5 Å². The molecule has 0 amide bonds. The monoisotopic (exact) mass is 355 g/mol. The molecule has 2 heterocycles. The molecule has 0 saturated heterocycles. The third kappa shape index (κ3) is 2.86. The van der Waals surface area contributed by atoms with E-state index < -0.39 is 23.4 Å². The van der Waals surface area contributed by atoms with Crippen LogP contribution in [0.5, 0.6) is 0 Å². The number of hydrogen-bond donors (Lipinski definition) is 1. The lowest BCUT2D eigenvalue weighted by Gasteiger charge is -2.20. The maximum atomic E-state index is 15.2. The van der Waals surface area contributed by atoms with Crippen molar-refractivity contribution in [2.24, 2.45) is 0 Å². The molecule has 1 aliphatic rings. The minimum Gasteiger partial charge on any atom is -0.313 e. The smallest absolute Gasteiger partial charge is 0.162 e. The number of hydrogen-bond acceptors (Lipinski definition) is 3. The molecule has 0 bridgehead atoms. The van der Waals surface area contributed by atoms with Gasteiger partial charge in [0, 0.05) is 29.8 Å². The van der Waals surface area contributed by atoms with Crippen molar-refractivity contribution in [2.45, 2.75) is 18.9 Å². The highest BCUT2D eigenvalue weighted by atomic mass is 19.2. The molecule has 1 aromatic heterocycles. The molecule has 3 aromatic rings. The van der Waals surface area contributed by atoms with Crippen molar-refractivity contribution in [3.63, 3.8) is 0 Å². The van der Waals surface area contributed by atoms with Gasteiger partial charge in [0.15, 0.2) is 11.6 Å². The Kier molecular flexibility index (Phi) is 4.42. The summed E-state index contributed by atoms with van der Waals surface area (Å²) < 4.78 is 43.3. The summed E-state index contributed by atoms with van der Waals surface area (Å²) in [4.78, 5) is 0. The van der Waals surface area contributed by atoms with E-state index >= 15 is 4.39 Å². The molecule has 2 aromatic carbocycles. The number of halogens is 3. The standard InChI is InChI=1S/C20H16F3N3/c21-17-4-1-3-14(20(17)23)13-8-10-24-11-16-12(13)6-7-15(19(16)22)18-5-2-9-25-26-18/h1-7,9,13,24H,8,10-11H2. The van der Waals surface area contributed by atoms with Gasteiger partial charge in [-0.1, -0.05) is 18.2 Å². The summed E-state index contributed by atoms with van der Waals surface area (Å²) in [7, 11) is 0. The van der Waals surface area contributed by atoms with Gasteiger partial charge < -0.3 is 5.32 Å². The molecule has 3 nitrogen and oxygen atoms in total. The van der Waals surface area contributed by atoms with E-state index in [0.717, 1.165) is 6.07 Å². The van der Waals surface area contributed by atoms with E-state index in [-0.39, 0.29) is 5.56 Å². The highest BCUT2D eigenvalue weighted by Crippen LogP contribution is 2.37. The summed E-state index contributed by atoms with van der Waals surface area (Å²) in [5.74, 6) is -2.58. The van der Waals surface area contributed by atoms with Crippen molar-refractivity contribution >= 4 is 0 Å². The van der Waals surface area contributed by atoms with E-state index in [0.29, 0.717) is 41.9 Å². The third-order valence-electron chi connectivity index (χ3n) is 4.77. The summed E-state index contributed by atoms with van der Waals surface area (Å²) in [5, 5.41) is 10.9. The highest BCUT2D eigenvalue weighted by Gasteiger charge is 2.27. The predicted octanol–water partition coefficient (Wildman–Crippen LogP) is 4.19. The van der Waals surface area contributed by atoms with E-state index in [4.69, 9.17) is 0 Å². The van der Waals surface area contributed by atoms with Crippen LogP contribution < -0.4 is 5.32 Å². The van der Waals surface area contributed by atoms with Crippen molar-refractivity contribution in [3.8, 4) is 11.3 Å². The van der Waals surface area contributed by atoms with Crippen LogP contribution in [0.2, 0.25) is 0 Å². The van der Waals surface area contributed by atoms with Gasteiger partial charge in [0.25, 0.3) is 0 Å². The van der Waals surface area contributed by atoms with Gasteiger partial charge in [-0.25, -0.2) is 13.2 Å². The van der Waals surface area contributed by atoms with Crippen LogP contribution in [-0.2, 0) is 6.54 Å². The Balaban J connectivity index is 1.86. The van der Waals surface area contributed by atoms with Gasteiger partial charge in [-0.05, 0) is 48.4 Å². The lowest BCUT2D eigenvalue weighted by Crippen LogP contribution is -2.13. The molecule has 0 fully saturated rings. The van der Waals surface area contributed by atoms with Crippen LogP contribution in [0.1, 0.15) is 29.0 Å². The van der Waals surface area contributed by atoms with Crippen LogP contribution in [0.15, 0.2) is 48.7 Å². The van der Waals surface area contributed by atoms with Crippen LogP contribution in [0.25, 0.3) is 11.3 Å². The molecule has 1 atom stereocenters. The molecular weight excluding hydrogens is 339 g/mol. The summed E-state index contributed by atoms with van der Waals surface area (Å²) in [6.07, 6.45) is 2.08. The second-order valence-electron chi connectivity index (χ2n) is 6.26. The Morgan fingerprint density at radius 3 is 2.62 bits per heavy atom. The Morgan fingerprint density at radius 1 is 0.923 bits per heavy atom. The number of benzene rings is 2. The first-order valence-electron chi connectivity index (χ1n) is 8.41. The first-order chi connectivity index (χ1) is 12.7. The minimum atomic E-state index is -0.891. The van der Waals surface area contributed by atoms with Crippen LogP contribution in [0.3, 0.4) is 0 Å². The zero-order chi connectivity index (χ0) is 18.1. The number of nitrogens with one attached hydrogen (secondary N) is 1. The van der Waals surface area contributed by atoms with E-state index in [1.54, 1.807) is 30.3 Å². The second-order valence-corrected chi connectivity index (χ2v) is 6.26. The average molecular weight is 355 g/mol. The molecule has 132 valence electrons. The number of nitrogens with zero attached hydrogens (tertiary/aromatic N) is 2. The van der Waals surface area contributed by atoms with Crippen molar-refractivity contribution in [1.29, 1.82) is 0 Å². The van der Waals surface area contributed by atoms with E-state index in [1.165, 1.54) is 12.3 Å². The Morgan fingerprint density at radius 2 is 1.81 bits per heavy atom. The summed E-state index contributed by atoms with van der Waals surface area (Å²) in [6.45, 7) is 0.901. The largest absolute Gasteiger partial charge is 0.313 e. The predicted molar refractivity (Wildman–Crippen MR) is 92.0 cm³/mol. The van der Waals surface area contributed by atoms with Gasteiger partial charge in [0.1, 0.15) is 5.82 Å². The molecule has 0 aliphatic carbocycles. The molecule has 6 heteroatoms. The maximum absolute atomic E-state index is 15.2. The van der Waals surface area contributed by atoms with Crippen molar-refractivity contribution in [3.05, 3.63) is 82.8 Å². The molecule has 0 radical (unpaired) electrons. The van der Waals surface area contributed by atoms with Crippen LogP contribution in [0.4, 0.5) is 13.2 Å². The number of aromatic nitrogens is 2. The zero-order valence-corrected chi connectivity index (χ0v) is 13.8. The first-order valence-corrected chi connectivity index (χ1v) is 8.41. The fourth-order valence-corrected chi connectivity index (χ4v) is 3.51. The van der Waals surface area contributed by atoms with Gasteiger partial charge in [-0.2, -0.15) is 10.2 Å². The van der Waals surface area contributed by atoms with Gasteiger partial charge >= 0.3 is 0 Å². The second kappa shape index (κ2) is 6.88. The molecule has 0 saturated carbocycles. The van der Waals surface area contributed by atoms with Crippen molar-refractivity contribution in [1.82, 2.24) is 15.5 Å². The fourth-order valence-electron chi connectivity index (χ4n) is 3.51. The molecular formula is C20H16F3N3. The molecule has 26 heavy (non-hydrogen) atoms. The maximum Gasteiger partial charge on any atom is 0.162 e. The normalized spacial score (nSPS) is 16.8. The molecule has 0 spiro atoms. The van der Waals surface area contributed by atoms with E-state index in [9.17, 15) is 8.78 Å². The third-order valence-corrected chi connectivity index (χ3v) is 4.77. The SMILES string of the molecule is Fc1cccc(C2CCNCc3c2ccc(-c2cccnn2)c3F)c1F. The Hall–Kier alpha value is -2.73. The average Bonchev–Trinajstić information content (AvgIpc) is 2.88. The Bertz CT molecular complexity index is 945. The van der Waals surface area contributed by atoms with E-state index in [1.807, 2.05) is 0 Å². The first kappa shape index (κ1) is 16.7. The van der Waals surface area contributed by atoms with Crippen LogP contribution in [-0.4, -0.2) is 16.7 Å². The summed E-state index contributed by atoms with van der Waals surface area (Å²) >= 11 is 0. The van der Waals surface area contributed by atoms with Gasteiger partial charge in [0.2, 0.25) is 0 Å². The van der Waals surface area contributed by atoms with Crippen LogP contribution in [0, 0.1) is 17.5 Å². The zero-order valence-electron chi connectivity index (χ0n) is 13.8. The van der Waals surface area contributed by atoms with Crippen LogP contribution >= 0.6 is 0 Å².